The van der Waals surface area contributed by atoms with Gasteiger partial charge in [-0.2, -0.15) is 0 Å². The summed E-state index contributed by atoms with van der Waals surface area (Å²) >= 11 is 0. The van der Waals surface area contributed by atoms with Gasteiger partial charge in [0.25, 0.3) is 0 Å². The highest BCUT2D eigenvalue weighted by Gasteiger charge is 2.22. The third-order valence-electron chi connectivity index (χ3n) is 3.26. The molecule has 1 saturated heterocycles. The zero-order chi connectivity index (χ0) is 14.0. The van der Waals surface area contributed by atoms with Gasteiger partial charge in [0, 0.05) is 12.6 Å². The van der Waals surface area contributed by atoms with E-state index in [1.54, 1.807) is 12.1 Å². The molecule has 7 heteroatoms. The van der Waals surface area contributed by atoms with Crippen LogP contribution < -0.4 is 15.4 Å². The molecule has 0 aromatic heterocycles. The van der Waals surface area contributed by atoms with E-state index in [0.29, 0.717) is 18.9 Å². The molecule has 106 valence electrons. The van der Waals surface area contributed by atoms with Crippen molar-refractivity contribution in [1.29, 1.82) is 0 Å². The summed E-state index contributed by atoms with van der Waals surface area (Å²) < 4.78 is 31.1. The van der Waals surface area contributed by atoms with Crippen LogP contribution in [0.3, 0.4) is 0 Å². The monoisotopic (exact) mass is 285 g/mol. The minimum atomic E-state index is -3.45. The Kier molecular flexibility index (Phi) is 3.98. The van der Waals surface area contributed by atoms with E-state index in [1.165, 1.54) is 13.1 Å². The first-order chi connectivity index (χ1) is 8.95. The van der Waals surface area contributed by atoms with E-state index in [-0.39, 0.29) is 10.9 Å². The highest BCUT2D eigenvalue weighted by Crippen LogP contribution is 2.28. The van der Waals surface area contributed by atoms with Crippen molar-refractivity contribution >= 4 is 21.4 Å². The summed E-state index contributed by atoms with van der Waals surface area (Å²) in [6.07, 6.45) is 0. The topological polar surface area (TPSA) is 84.7 Å². The Labute approximate surface area is 113 Å². The number of benzene rings is 1. The number of rotatable bonds is 3. The minimum Gasteiger partial charge on any atom is -0.397 e. The third kappa shape index (κ3) is 2.83. The molecule has 1 unspecified atom stereocenters. The predicted octanol–water partition coefficient (Wildman–Crippen LogP) is 0.402. The molecule has 0 amide bonds. The lowest BCUT2D eigenvalue weighted by molar-refractivity contribution is 0.0990. The number of nitrogen functional groups attached to an aromatic ring is 1. The molecular formula is C12H19N3O3S. The van der Waals surface area contributed by atoms with Gasteiger partial charge in [0.15, 0.2) is 0 Å². The molecule has 1 aliphatic heterocycles. The van der Waals surface area contributed by atoms with Crippen molar-refractivity contribution in [2.24, 2.45) is 0 Å². The van der Waals surface area contributed by atoms with Crippen LogP contribution in [0.25, 0.3) is 0 Å². The van der Waals surface area contributed by atoms with Crippen molar-refractivity contribution in [2.75, 3.05) is 37.4 Å². The van der Waals surface area contributed by atoms with Crippen LogP contribution in [0.1, 0.15) is 6.92 Å². The van der Waals surface area contributed by atoms with Crippen LogP contribution in [0.2, 0.25) is 0 Å². The van der Waals surface area contributed by atoms with Gasteiger partial charge >= 0.3 is 0 Å². The van der Waals surface area contributed by atoms with Gasteiger partial charge in [0.05, 0.1) is 29.5 Å². The van der Waals surface area contributed by atoms with Gasteiger partial charge in [0.1, 0.15) is 0 Å². The smallest absolute Gasteiger partial charge is 0.240 e. The van der Waals surface area contributed by atoms with Crippen LogP contribution in [0, 0.1) is 0 Å². The van der Waals surface area contributed by atoms with E-state index in [9.17, 15) is 8.42 Å². The van der Waals surface area contributed by atoms with Crippen molar-refractivity contribution < 1.29 is 13.2 Å². The molecule has 1 fully saturated rings. The number of hydrogen-bond donors (Lipinski definition) is 2. The number of hydrogen-bond acceptors (Lipinski definition) is 5. The quantitative estimate of drug-likeness (QED) is 0.785. The molecule has 0 spiro atoms. The Morgan fingerprint density at radius 2 is 2.21 bits per heavy atom. The summed E-state index contributed by atoms with van der Waals surface area (Å²) in [6, 6.07) is 5.03. The molecule has 0 bridgehead atoms. The first-order valence-electron chi connectivity index (χ1n) is 6.13. The summed E-state index contributed by atoms with van der Waals surface area (Å²) in [5.74, 6) is 0. The number of morpholine rings is 1. The predicted molar refractivity (Wildman–Crippen MR) is 74.7 cm³/mol. The zero-order valence-electron chi connectivity index (χ0n) is 11.1. The van der Waals surface area contributed by atoms with Crippen molar-refractivity contribution in [2.45, 2.75) is 17.9 Å². The van der Waals surface area contributed by atoms with Gasteiger partial charge in [0.2, 0.25) is 10.0 Å². The lowest BCUT2D eigenvalue weighted by atomic mass is 10.2. The first kappa shape index (κ1) is 14.1. The maximum Gasteiger partial charge on any atom is 0.240 e. The average molecular weight is 285 g/mol. The Morgan fingerprint density at radius 3 is 2.79 bits per heavy atom. The number of nitrogens with zero attached hydrogens (tertiary/aromatic N) is 1. The fraction of sp³-hybridized carbons (Fsp3) is 0.500. The fourth-order valence-corrected chi connectivity index (χ4v) is 2.93. The molecule has 1 aliphatic rings. The van der Waals surface area contributed by atoms with Gasteiger partial charge in [-0.1, -0.05) is 0 Å². The SMILES string of the molecule is CNS(=O)(=O)c1ccc(N2CCOCC2C)c(N)c1. The lowest BCUT2D eigenvalue weighted by Crippen LogP contribution is -2.44. The summed E-state index contributed by atoms with van der Waals surface area (Å²) in [5, 5.41) is 0. The number of sulfonamides is 1. The largest absolute Gasteiger partial charge is 0.397 e. The minimum absolute atomic E-state index is 0.178. The zero-order valence-corrected chi connectivity index (χ0v) is 11.9. The molecule has 3 N–H and O–H groups in total. The average Bonchev–Trinajstić information content (AvgIpc) is 2.39. The van der Waals surface area contributed by atoms with Crippen molar-refractivity contribution in [3.63, 3.8) is 0 Å². The normalized spacial score (nSPS) is 20.5. The Balaban J connectivity index is 2.34. The molecule has 0 aliphatic carbocycles. The van der Waals surface area contributed by atoms with Crippen LogP contribution >= 0.6 is 0 Å². The molecule has 1 aromatic carbocycles. The molecular weight excluding hydrogens is 266 g/mol. The van der Waals surface area contributed by atoms with Gasteiger partial charge in [-0.25, -0.2) is 13.1 Å². The second-order valence-corrected chi connectivity index (χ2v) is 6.43. The van der Waals surface area contributed by atoms with Crippen molar-refractivity contribution in [3.05, 3.63) is 18.2 Å². The molecule has 6 nitrogen and oxygen atoms in total. The Hall–Kier alpha value is -1.31. The molecule has 1 atom stereocenters. The Morgan fingerprint density at radius 1 is 1.47 bits per heavy atom. The van der Waals surface area contributed by atoms with Crippen molar-refractivity contribution in [1.82, 2.24) is 4.72 Å². The molecule has 2 rings (SSSR count). The second-order valence-electron chi connectivity index (χ2n) is 4.55. The van der Waals surface area contributed by atoms with E-state index in [0.717, 1.165) is 12.2 Å². The van der Waals surface area contributed by atoms with Crippen LogP contribution in [0.15, 0.2) is 23.1 Å². The van der Waals surface area contributed by atoms with E-state index in [4.69, 9.17) is 10.5 Å². The third-order valence-corrected chi connectivity index (χ3v) is 4.67. The standard InChI is InChI=1S/C12H19N3O3S/c1-9-8-18-6-5-15(9)12-4-3-10(7-11(12)13)19(16,17)14-2/h3-4,7,9,14H,5-6,8,13H2,1-2H3. The number of ether oxygens (including phenoxy) is 1. The van der Waals surface area contributed by atoms with Gasteiger partial charge in [-0.3, -0.25) is 0 Å². The van der Waals surface area contributed by atoms with Crippen LogP contribution in [-0.2, 0) is 14.8 Å². The van der Waals surface area contributed by atoms with Crippen molar-refractivity contribution in [3.8, 4) is 0 Å². The van der Waals surface area contributed by atoms with Gasteiger partial charge in [-0.05, 0) is 32.2 Å². The molecule has 0 radical (unpaired) electrons. The molecule has 1 aromatic rings. The summed E-state index contributed by atoms with van der Waals surface area (Å²) in [6.45, 7) is 4.11. The molecule has 0 saturated carbocycles. The van der Waals surface area contributed by atoms with E-state index < -0.39 is 10.0 Å². The molecule has 1 heterocycles. The number of nitrogens with one attached hydrogen (secondary N) is 1. The highest BCUT2D eigenvalue weighted by molar-refractivity contribution is 7.89. The van der Waals surface area contributed by atoms with E-state index in [1.807, 2.05) is 0 Å². The molecule has 19 heavy (non-hydrogen) atoms. The summed E-state index contributed by atoms with van der Waals surface area (Å²) in [4.78, 5) is 2.31. The van der Waals surface area contributed by atoms with Gasteiger partial charge in [-0.15, -0.1) is 0 Å². The number of anilines is 2. The van der Waals surface area contributed by atoms with Gasteiger partial charge < -0.3 is 15.4 Å². The van der Waals surface area contributed by atoms with Crippen LogP contribution in [0.4, 0.5) is 11.4 Å². The van der Waals surface area contributed by atoms with E-state index in [2.05, 4.69) is 16.5 Å². The second kappa shape index (κ2) is 5.36. The summed E-state index contributed by atoms with van der Waals surface area (Å²) in [5.41, 5.74) is 7.31. The number of nitrogens with two attached hydrogens (primary N) is 1. The van der Waals surface area contributed by atoms with Crippen LogP contribution in [0.5, 0.6) is 0 Å². The first-order valence-corrected chi connectivity index (χ1v) is 7.61. The Bertz CT molecular complexity index is 559. The maximum atomic E-state index is 11.7. The lowest BCUT2D eigenvalue weighted by Gasteiger charge is -2.36. The summed E-state index contributed by atoms with van der Waals surface area (Å²) in [7, 11) is -2.08. The van der Waals surface area contributed by atoms with E-state index >= 15 is 0 Å². The fourth-order valence-electron chi connectivity index (χ4n) is 2.16. The maximum absolute atomic E-state index is 11.7. The van der Waals surface area contributed by atoms with Crippen LogP contribution in [-0.4, -0.2) is 41.3 Å². The highest BCUT2D eigenvalue weighted by atomic mass is 32.2.